The lowest BCUT2D eigenvalue weighted by Crippen LogP contribution is -2.16. The highest BCUT2D eigenvalue weighted by molar-refractivity contribution is 5.64. The molecule has 0 saturated heterocycles. The Labute approximate surface area is 116 Å². The molecule has 8 heteroatoms. The van der Waals surface area contributed by atoms with Gasteiger partial charge in [-0.3, -0.25) is 0 Å². The third kappa shape index (κ3) is 2.73. The Kier molecular flexibility index (Phi) is 2.93. The summed E-state index contributed by atoms with van der Waals surface area (Å²) in [6.45, 7) is 0. The van der Waals surface area contributed by atoms with E-state index in [0.717, 1.165) is 0 Å². The molecule has 0 atom stereocenters. The van der Waals surface area contributed by atoms with Gasteiger partial charge >= 0.3 is 6.36 Å². The molecule has 2 N–H and O–H groups in total. The molecule has 0 bridgehead atoms. The van der Waals surface area contributed by atoms with Crippen molar-refractivity contribution >= 4 is 11.6 Å². The molecule has 0 spiro atoms. The maximum absolute atomic E-state index is 12.1. The maximum Gasteiger partial charge on any atom is 0.573 e. The molecule has 0 radical (unpaired) electrons. The van der Waals surface area contributed by atoms with E-state index in [1.807, 2.05) is 0 Å². The SMILES string of the molecule is Nc1nc2cccc(-c3ccc(OC(F)(F)F)cc3)n2n1. The first kappa shape index (κ1) is 13.2. The summed E-state index contributed by atoms with van der Waals surface area (Å²) in [5.41, 5.74) is 7.43. The summed E-state index contributed by atoms with van der Waals surface area (Å²) in [4.78, 5) is 4.02. The molecule has 3 rings (SSSR count). The van der Waals surface area contributed by atoms with Crippen LogP contribution in [-0.4, -0.2) is 21.0 Å². The van der Waals surface area contributed by atoms with Crippen LogP contribution in [0.15, 0.2) is 42.5 Å². The zero-order valence-electron chi connectivity index (χ0n) is 10.5. The van der Waals surface area contributed by atoms with Crippen LogP contribution in [-0.2, 0) is 0 Å². The van der Waals surface area contributed by atoms with E-state index in [-0.39, 0.29) is 11.7 Å². The van der Waals surface area contributed by atoms with Crippen molar-refractivity contribution in [3.8, 4) is 17.0 Å². The van der Waals surface area contributed by atoms with Crippen molar-refractivity contribution in [2.75, 3.05) is 5.73 Å². The van der Waals surface area contributed by atoms with E-state index in [9.17, 15) is 13.2 Å². The Morgan fingerprint density at radius 1 is 1.05 bits per heavy atom. The molecule has 2 heterocycles. The average Bonchev–Trinajstić information content (AvgIpc) is 2.78. The number of hydrogen-bond donors (Lipinski definition) is 1. The quantitative estimate of drug-likeness (QED) is 0.789. The fraction of sp³-hybridized carbons (Fsp3) is 0.0769. The van der Waals surface area contributed by atoms with Crippen molar-refractivity contribution in [1.82, 2.24) is 14.6 Å². The Balaban J connectivity index is 1.99. The molecule has 0 aliphatic rings. The average molecular weight is 294 g/mol. The third-order valence-corrected chi connectivity index (χ3v) is 2.76. The Morgan fingerprint density at radius 2 is 1.76 bits per heavy atom. The van der Waals surface area contributed by atoms with E-state index in [2.05, 4.69) is 14.8 Å². The molecule has 0 unspecified atom stereocenters. The van der Waals surface area contributed by atoms with Crippen LogP contribution in [0.2, 0.25) is 0 Å². The van der Waals surface area contributed by atoms with Crippen molar-refractivity contribution in [2.24, 2.45) is 0 Å². The molecule has 0 amide bonds. The molecule has 1 aromatic carbocycles. The number of halogens is 3. The predicted octanol–water partition coefficient (Wildman–Crippen LogP) is 2.88. The van der Waals surface area contributed by atoms with E-state index >= 15 is 0 Å². The minimum Gasteiger partial charge on any atom is -0.406 e. The van der Waals surface area contributed by atoms with Crippen molar-refractivity contribution in [3.63, 3.8) is 0 Å². The van der Waals surface area contributed by atoms with Crippen LogP contribution in [0.4, 0.5) is 19.1 Å². The van der Waals surface area contributed by atoms with Gasteiger partial charge in [0.05, 0.1) is 5.69 Å². The van der Waals surface area contributed by atoms with Crippen LogP contribution in [0.1, 0.15) is 0 Å². The first-order valence-corrected chi connectivity index (χ1v) is 5.90. The van der Waals surface area contributed by atoms with Gasteiger partial charge in [0, 0.05) is 5.56 Å². The number of nitrogens with two attached hydrogens (primary N) is 1. The summed E-state index contributed by atoms with van der Waals surface area (Å²) in [6, 6.07) is 10.7. The molecule has 5 nitrogen and oxygen atoms in total. The summed E-state index contributed by atoms with van der Waals surface area (Å²) < 4.78 is 41.7. The molecule has 108 valence electrons. The zero-order chi connectivity index (χ0) is 15.0. The van der Waals surface area contributed by atoms with Gasteiger partial charge in [-0.1, -0.05) is 6.07 Å². The number of nitrogens with zero attached hydrogens (tertiary/aromatic N) is 3. The zero-order valence-corrected chi connectivity index (χ0v) is 10.5. The van der Waals surface area contributed by atoms with Crippen LogP contribution < -0.4 is 10.5 Å². The van der Waals surface area contributed by atoms with Crippen LogP contribution in [0.5, 0.6) is 5.75 Å². The number of alkyl halides is 3. The number of benzene rings is 1. The van der Waals surface area contributed by atoms with Gasteiger partial charge in [-0.05, 0) is 36.4 Å². The van der Waals surface area contributed by atoms with Gasteiger partial charge in [-0.15, -0.1) is 18.3 Å². The highest BCUT2D eigenvalue weighted by Gasteiger charge is 2.30. The van der Waals surface area contributed by atoms with Gasteiger partial charge in [0.1, 0.15) is 5.75 Å². The molecule has 0 aliphatic heterocycles. The summed E-state index contributed by atoms with van der Waals surface area (Å²) in [6.07, 6.45) is -4.71. The Bertz CT molecular complexity index is 780. The largest absolute Gasteiger partial charge is 0.573 e. The highest BCUT2D eigenvalue weighted by Crippen LogP contribution is 2.26. The van der Waals surface area contributed by atoms with E-state index in [4.69, 9.17) is 5.73 Å². The standard InChI is InChI=1S/C13H9F3N4O/c14-13(15,16)21-9-6-4-8(5-7-9)10-2-1-3-11-18-12(17)19-20(10)11/h1-7H,(H2,17,19). The Hall–Kier alpha value is -2.77. The highest BCUT2D eigenvalue weighted by atomic mass is 19.4. The number of pyridine rings is 1. The van der Waals surface area contributed by atoms with E-state index < -0.39 is 6.36 Å². The first-order chi connectivity index (χ1) is 9.92. The van der Waals surface area contributed by atoms with Crippen molar-refractivity contribution < 1.29 is 17.9 Å². The van der Waals surface area contributed by atoms with Gasteiger partial charge in [-0.25, -0.2) is 4.52 Å². The number of hydrogen-bond acceptors (Lipinski definition) is 4. The topological polar surface area (TPSA) is 65.4 Å². The van der Waals surface area contributed by atoms with Gasteiger partial charge in [0.2, 0.25) is 5.95 Å². The minimum absolute atomic E-state index is 0.125. The molecular weight excluding hydrogens is 285 g/mol. The van der Waals surface area contributed by atoms with Crippen LogP contribution in [0, 0.1) is 0 Å². The molecule has 0 fully saturated rings. The summed E-state index contributed by atoms with van der Waals surface area (Å²) in [7, 11) is 0. The van der Waals surface area contributed by atoms with E-state index in [0.29, 0.717) is 16.9 Å². The second-order valence-corrected chi connectivity index (χ2v) is 4.22. The summed E-state index contributed by atoms with van der Waals surface area (Å²) in [5, 5.41) is 4.04. The van der Waals surface area contributed by atoms with Crippen molar-refractivity contribution in [2.45, 2.75) is 6.36 Å². The first-order valence-electron chi connectivity index (χ1n) is 5.90. The third-order valence-electron chi connectivity index (χ3n) is 2.76. The van der Waals surface area contributed by atoms with E-state index in [1.54, 1.807) is 18.2 Å². The fourth-order valence-electron chi connectivity index (χ4n) is 1.97. The van der Waals surface area contributed by atoms with Gasteiger partial charge in [0.15, 0.2) is 5.65 Å². The summed E-state index contributed by atoms with van der Waals surface area (Å²) in [5.74, 6) is -0.156. The number of aromatic nitrogens is 3. The number of anilines is 1. The molecule has 21 heavy (non-hydrogen) atoms. The molecule has 0 aliphatic carbocycles. The second kappa shape index (κ2) is 4.65. The predicted molar refractivity (Wildman–Crippen MR) is 69.5 cm³/mol. The lowest BCUT2D eigenvalue weighted by atomic mass is 10.1. The van der Waals surface area contributed by atoms with Crippen LogP contribution >= 0.6 is 0 Å². The number of ether oxygens (including phenoxy) is 1. The molecular formula is C13H9F3N4O. The second-order valence-electron chi connectivity index (χ2n) is 4.22. The monoisotopic (exact) mass is 294 g/mol. The molecule has 2 aromatic heterocycles. The van der Waals surface area contributed by atoms with Gasteiger partial charge in [-0.2, -0.15) is 4.98 Å². The maximum atomic E-state index is 12.1. The van der Waals surface area contributed by atoms with Gasteiger partial charge in [0.25, 0.3) is 0 Å². The Morgan fingerprint density at radius 3 is 2.43 bits per heavy atom. The molecule has 3 aromatic rings. The summed E-state index contributed by atoms with van der Waals surface area (Å²) >= 11 is 0. The molecule has 0 saturated carbocycles. The lowest BCUT2D eigenvalue weighted by molar-refractivity contribution is -0.274. The van der Waals surface area contributed by atoms with Crippen molar-refractivity contribution in [3.05, 3.63) is 42.5 Å². The smallest absolute Gasteiger partial charge is 0.406 e. The number of rotatable bonds is 2. The lowest BCUT2D eigenvalue weighted by Gasteiger charge is -2.09. The number of fused-ring (bicyclic) bond motifs is 1. The number of nitrogen functional groups attached to an aromatic ring is 1. The van der Waals surface area contributed by atoms with Crippen LogP contribution in [0.25, 0.3) is 16.9 Å². The minimum atomic E-state index is -4.71. The van der Waals surface area contributed by atoms with E-state index in [1.165, 1.54) is 28.8 Å². The van der Waals surface area contributed by atoms with Crippen LogP contribution in [0.3, 0.4) is 0 Å². The normalized spacial score (nSPS) is 11.8. The fourth-order valence-corrected chi connectivity index (χ4v) is 1.97. The van der Waals surface area contributed by atoms with Gasteiger partial charge < -0.3 is 10.5 Å². The van der Waals surface area contributed by atoms with Crippen molar-refractivity contribution in [1.29, 1.82) is 0 Å².